The molecule has 1 fully saturated rings. The monoisotopic (exact) mass is 481 g/mol. The van der Waals surface area contributed by atoms with Gasteiger partial charge in [-0.3, -0.25) is 4.79 Å². The number of rotatable bonds is 8. The molecule has 2 aromatic rings. The highest BCUT2D eigenvalue weighted by Crippen LogP contribution is 2.29. The molecular formula is C22H24ClNO7S. The van der Waals surface area contributed by atoms with Crippen molar-refractivity contribution >= 4 is 33.3 Å². The van der Waals surface area contributed by atoms with Crippen LogP contribution in [0.15, 0.2) is 42.5 Å². The van der Waals surface area contributed by atoms with Crippen molar-refractivity contribution in [1.29, 1.82) is 0 Å². The van der Waals surface area contributed by atoms with E-state index in [1.54, 1.807) is 25.1 Å². The van der Waals surface area contributed by atoms with E-state index in [0.29, 0.717) is 22.9 Å². The van der Waals surface area contributed by atoms with Gasteiger partial charge in [0.1, 0.15) is 6.61 Å². The summed E-state index contributed by atoms with van der Waals surface area (Å²) < 4.78 is 39.4. The molecule has 1 N–H and O–H groups in total. The summed E-state index contributed by atoms with van der Waals surface area (Å²) in [6, 6.07) is 11.8. The van der Waals surface area contributed by atoms with Gasteiger partial charge in [-0.05, 0) is 49.2 Å². The van der Waals surface area contributed by atoms with Crippen LogP contribution in [0.3, 0.4) is 0 Å². The largest absolute Gasteiger partial charge is 0.493 e. The standard InChI is InChI=1S/C22H24ClNO7S/c1-22(9-10-32(27,28)14-22)24-20(25)13-31-21(26)16-5-8-18(19(11-16)29-2)30-12-15-3-6-17(23)7-4-15/h3-8,11H,9-10,12-14H2,1-2H3,(H,24,25). The normalized spacial score (nSPS) is 19.2. The predicted molar refractivity (Wildman–Crippen MR) is 119 cm³/mol. The molecule has 1 amide bonds. The van der Waals surface area contributed by atoms with Crippen molar-refractivity contribution in [2.24, 2.45) is 0 Å². The van der Waals surface area contributed by atoms with Gasteiger partial charge in [-0.2, -0.15) is 0 Å². The van der Waals surface area contributed by atoms with Crippen LogP contribution in [0.2, 0.25) is 5.02 Å². The lowest BCUT2D eigenvalue weighted by atomic mass is 10.0. The second-order valence-corrected chi connectivity index (χ2v) is 10.4. The van der Waals surface area contributed by atoms with Gasteiger partial charge in [0, 0.05) is 5.02 Å². The molecule has 32 heavy (non-hydrogen) atoms. The number of halogens is 1. The van der Waals surface area contributed by atoms with Gasteiger partial charge < -0.3 is 19.5 Å². The third-order valence-electron chi connectivity index (χ3n) is 4.99. The van der Waals surface area contributed by atoms with Crippen LogP contribution in [-0.2, 0) is 26.0 Å². The van der Waals surface area contributed by atoms with Gasteiger partial charge in [0.25, 0.3) is 5.91 Å². The Morgan fingerprint density at radius 3 is 2.47 bits per heavy atom. The number of carbonyl (C=O) groups is 2. The summed E-state index contributed by atoms with van der Waals surface area (Å²) in [7, 11) is -1.72. The van der Waals surface area contributed by atoms with Crippen LogP contribution in [0.5, 0.6) is 11.5 Å². The predicted octanol–water partition coefficient (Wildman–Crippen LogP) is 2.78. The van der Waals surface area contributed by atoms with Gasteiger partial charge >= 0.3 is 5.97 Å². The molecule has 1 aliphatic rings. The van der Waals surface area contributed by atoms with Crippen LogP contribution >= 0.6 is 11.6 Å². The van der Waals surface area contributed by atoms with Crippen LogP contribution in [-0.4, -0.2) is 51.1 Å². The van der Waals surface area contributed by atoms with E-state index in [4.69, 9.17) is 25.8 Å². The molecule has 0 aliphatic carbocycles. The lowest BCUT2D eigenvalue weighted by molar-refractivity contribution is -0.125. The molecule has 0 radical (unpaired) electrons. The Hall–Kier alpha value is -2.78. The number of hydrogen-bond acceptors (Lipinski definition) is 7. The lowest BCUT2D eigenvalue weighted by Crippen LogP contribution is -2.48. The van der Waals surface area contributed by atoms with Gasteiger partial charge in [-0.25, -0.2) is 13.2 Å². The molecule has 172 valence electrons. The first kappa shape index (κ1) is 23.9. The zero-order chi connectivity index (χ0) is 23.4. The molecule has 1 atom stereocenters. The number of sulfone groups is 1. The molecule has 1 saturated heterocycles. The molecule has 0 bridgehead atoms. The fourth-order valence-corrected chi connectivity index (χ4v) is 5.57. The van der Waals surface area contributed by atoms with E-state index >= 15 is 0 Å². The van der Waals surface area contributed by atoms with Gasteiger partial charge in [0.05, 0.1) is 29.7 Å². The first-order chi connectivity index (χ1) is 15.1. The van der Waals surface area contributed by atoms with Crippen molar-refractivity contribution in [2.75, 3.05) is 25.2 Å². The summed E-state index contributed by atoms with van der Waals surface area (Å²) >= 11 is 5.88. The van der Waals surface area contributed by atoms with E-state index in [9.17, 15) is 18.0 Å². The highest BCUT2D eigenvalue weighted by atomic mass is 35.5. The first-order valence-electron chi connectivity index (χ1n) is 9.83. The number of ether oxygens (including phenoxy) is 3. The Morgan fingerprint density at radius 2 is 1.84 bits per heavy atom. The molecule has 1 aliphatic heterocycles. The number of carbonyl (C=O) groups excluding carboxylic acids is 2. The third-order valence-corrected chi connectivity index (χ3v) is 7.14. The molecule has 1 heterocycles. The van der Waals surface area contributed by atoms with Gasteiger partial charge in [-0.15, -0.1) is 0 Å². The van der Waals surface area contributed by atoms with Crippen LogP contribution in [0.1, 0.15) is 29.3 Å². The Labute approximate surface area is 191 Å². The maximum absolute atomic E-state index is 12.4. The summed E-state index contributed by atoms with van der Waals surface area (Å²) in [4.78, 5) is 24.5. The number of esters is 1. The Kier molecular flexibility index (Phi) is 7.30. The van der Waals surface area contributed by atoms with E-state index in [2.05, 4.69) is 5.32 Å². The Morgan fingerprint density at radius 1 is 1.12 bits per heavy atom. The molecule has 0 spiro atoms. The fraction of sp³-hybridized carbons (Fsp3) is 0.364. The number of benzene rings is 2. The van der Waals surface area contributed by atoms with Crippen LogP contribution in [0, 0.1) is 0 Å². The second-order valence-electron chi connectivity index (χ2n) is 7.81. The minimum atomic E-state index is -3.16. The summed E-state index contributed by atoms with van der Waals surface area (Å²) in [6.07, 6.45) is 0.323. The van der Waals surface area contributed by atoms with E-state index in [1.807, 2.05) is 12.1 Å². The Bertz CT molecular complexity index is 1100. The smallest absolute Gasteiger partial charge is 0.338 e. The molecule has 0 aromatic heterocycles. The first-order valence-corrected chi connectivity index (χ1v) is 12.0. The average molecular weight is 482 g/mol. The van der Waals surface area contributed by atoms with E-state index in [0.717, 1.165) is 5.56 Å². The summed E-state index contributed by atoms with van der Waals surface area (Å²) in [5.74, 6) is -0.613. The fourth-order valence-electron chi connectivity index (χ4n) is 3.35. The van der Waals surface area contributed by atoms with Crippen molar-refractivity contribution in [1.82, 2.24) is 5.32 Å². The van der Waals surface area contributed by atoms with E-state index < -0.39 is 33.9 Å². The zero-order valence-corrected chi connectivity index (χ0v) is 19.3. The number of nitrogens with one attached hydrogen (secondary N) is 1. The zero-order valence-electron chi connectivity index (χ0n) is 17.7. The molecule has 2 aromatic carbocycles. The summed E-state index contributed by atoms with van der Waals surface area (Å²) in [6.45, 7) is 1.42. The lowest BCUT2D eigenvalue weighted by Gasteiger charge is -2.23. The minimum Gasteiger partial charge on any atom is -0.493 e. The maximum atomic E-state index is 12.4. The van der Waals surface area contributed by atoms with Crippen molar-refractivity contribution < 1.29 is 32.2 Å². The highest BCUT2D eigenvalue weighted by Gasteiger charge is 2.39. The molecule has 3 rings (SSSR count). The Balaban J connectivity index is 1.55. The van der Waals surface area contributed by atoms with Crippen molar-refractivity contribution in [2.45, 2.75) is 25.5 Å². The quantitative estimate of drug-likeness (QED) is 0.577. The number of hydrogen-bond donors (Lipinski definition) is 1. The van der Waals surface area contributed by atoms with Gasteiger partial charge in [0.15, 0.2) is 27.9 Å². The maximum Gasteiger partial charge on any atom is 0.338 e. The number of amides is 1. The van der Waals surface area contributed by atoms with Crippen LogP contribution < -0.4 is 14.8 Å². The van der Waals surface area contributed by atoms with Gasteiger partial charge in [-0.1, -0.05) is 23.7 Å². The molecular weight excluding hydrogens is 458 g/mol. The molecule has 8 nitrogen and oxygen atoms in total. The SMILES string of the molecule is COc1cc(C(=O)OCC(=O)NC2(C)CCS(=O)(=O)C2)ccc1OCc1ccc(Cl)cc1. The van der Waals surface area contributed by atoms with E-state index in [-0.39, 0.29) is 23.7 Å². The number of methoxy groups -OCH3 is 1. The van der Waals surface area contributed by atoms with Crippen molar-refractivity contribution in [3.8, 4) is 11.5 Å². The second kappa shape index (κ2) is 9.79. The average Bonchev–Trinajstić information content (AvgIpc) is 3.03. The summed E-state index contributed by atoms with van der Waals surface area (Å²) in [5.41, 5.74) is 0.243. The van der Waals surface area contributed by atoms with Crippen LogP contribution in [0.4, 0.5) is 0 Å². The van der Waals surface area contributed by atoms with E-state index in [1.165, 1.54) is 19.2 Å². The van der Waals surface area contributed by atoms with Crippen LogP contribution in [0.25, 0.3) is 0 Å². The molecule has 1 unspecified atom stereocenters. The molecule has 0 saturated carbocycles. The van der Waals surface area contributed by atoms with Gasteiger partial charge in [0.2, 0.25) is 0 Å². The molecule has 10 heteroatoms. The van der Waals surface area contributed by atoms with Crippen molar-refractivity contribution in [3.05, 3.63) is 58.6 Å². The van der Waals surface area contributed by atoms with Crippen molar-refractivity contribution in [3.63, 3.8) is 0 Å². The topological polar surface area (TPSA) is 108 Å². The third kappa shape index (κ3) is 6.37. The minimum absolute atomic E-state index is 0.0236. The summed E-state index contributed by atoms with van der Waals surface area (Å²) in [5, 5.41) is 3.27. The highest BCUT2D eigenvalue weighted by molar-refractivity contribution is 7.91.